The molecule has 0 aliphatic heterocycles. The van der Waals surface area contributed by atoms with Crippen LogP contribution in [0.3, 0.4) is 0 Å². The first kappa shape index (κ1) is 15.6. The van der Waals surface area contributed by atoms with Crippen molar-refractivity contribution in [2.75, 3.05) is 0 Å². The van der Waals surface area contributed by atoms with Gasteiger partial charge in [-0.25, -0.2) is 0 Å². The van der Waals surface area contributed by atoms with Crippen LogP contribution in [0.1, 0.15) is 10.4 Å². The van der Waals surface area contributed by atoms with Crippen molar-refractivity contribution in [1.82, 2.24) is 0 Å². The van der Waals surface area contributed by atoms with E-state index in [9.17, 15) is 4.79 Å². The molecular formula is C23H13ClOS. The summed E-state index contributed by atoms with van der Waals surface area (Å²) in [7, 11) is 0. The number of hydrogen-bond acceptors (Lipinski definition) is 2. The maximum atomic E-state index is 11.9. The Morgan fingerprint density at radius 1 is 0.692 bits per heavy atom. The van der Waals surface area contributed by atoms with Crippen LogP contribution in [-0.2, 0) is 0 Å². The summed E-state index contributed by atoms with van der Waals surface area (Å²) in [5, 5.41) is 4.46. The van der Waals surface area contributed by atoms with E-state index in [1.165, 1.54) is 25.6 Å². The van der Waals surface area contributed by atoms with Crippen molar-refractivity contribution in [3.63, 3.8) is 0 Å². The predicted octanol–water partition coefficient (Wildman–Crippen LogP) is 7.25. The molecule has 5 rings (SSSR count). The average molecular weight is 373 g/mol. The van der Waals surface area contributed by atoms with Crippen molar-refractivity contribution < 1.29 is 4.79 Å². The van der Waals surface area contributed by atoms with Gasteiger partial charge in [0.2, 0.25) is 0 Å². The highest BCUT2D eigenvalue weighted by Crippen LogP contribution is 2.43. The Morgan fingerprint density at radius 3 is 2.15 bits per heavy atom. The van der Waals surface area contributed by atoms with E-state index in [0.717, 1.165) is 16.5 Å². The van der Waals surface area contributed by atoms with Crippen LogP contribution >= 0.6 is 22.9 Å². The smallest absolute Gasteiger partial charge is 0.253 e. The molecule has 0 saturated heterocycles. The lowest BCUT2D eigenvalue weighted by atomic mass is 9.93. The number of fused-ring (bicyclic) bond motifs is 5. The zero-order valence-corrected chi connectivity index (χ0v) is 15.3. The Kier molecular flexibility index (Phi) is 3.56. The van der Waals surface area contributed by atoms with Crippen molar-refractivity contribution in [2.24, 2.45) is 0 Å². The molecule has 4 aromatic carbocycles. The quantitative estimate of drug-likeness (QED) is 0.298. The van der Waals surface area contributed by atoms with Gasteiger partial charge in [-0.3, -0.25) is 4.79 Å². The molecule has 1 nitrogen and oxygen atoms in total. The summed E-state index contributed by atoms with van der Waals surface area (Å²) in [5.41, 5.74) is 2.46. The fourth-order valence-corrected chi connectivity index (χ4v) is 5.03. The van der Waals surface area contributed by atoms with Gasteiger partial charge in [0.25, 0.3) is 5.24 Å². The number of thiophene rings is 1. The van der Waals surface area contributed by atoms with Gasteiger partial charge in [-0.15, -0.1) is 11.3 Å². The van der Waals surface area contributed by atoms with E-state index < -0.39 is 5.24 Å². The number of rotatable bonds is 2. The number of benzene rings is 4. The number of halogens is 1. The topological polar surface area (TPSA) is 17.1 Å². The van der Waals surface area contributed by atoms with Crippen molar-refractivity contribution in [3.8, 4) is 11.1 Å². The highest BCUT2D eigenvalue weighted by atomic mass is 35.5. The van der Waals surface area contributed by atoms with E-state index in [1.54, 1.807) is 17.4 Å². The van der Waals surface area contributed by atoms with Crippen molar-refractivity contribution in [1.29, 1.82) is 0 Å². The summed E-state index contributed by atoms with van der Waals surface area (Å²) >= 11 is 7.64. The minimum atomic E-state index is -0.430. The Bertz CT molecular complexity index is 1320. The fourth-order valence-electron chi connectivity index (χ4n) is 3.70. The molecule has 0 spiro atoms. The molecule has 3 heteroatoms. The lowest BCUT2D eigenvalue weighted by Crippen LogP contribution is -1.94. The molecule has 0 atom stereocenters. The highest BCUT2D eigenvalue weighted by Gasteiger charge is 2.16. The average Bonchev–Trinajstić information content (AvgIpc) is 3.06. The zero-order chi connectivity index (χ0) is 17.7. The molecule has 124 valence electrons. The Labute approximate surface area is 159 Å². The molecule has 0 radical (unpaired) electrons. The van der Waals surface area contributed by atoms with E-state index in [1.807, 2.05) is 24.3 Å². The van der Waals surface area contributed by atoms with Gasteiger partial charge in [-0.05, 0) is 51.7 Å². The van der Waals surface area contributed by atoms with Gasteiger partial charge in [0.05, 0.1) is 0 Å². The Hall–Kier alpha value is -2.68. The first-order chi connectivity index (χ1) is 12.7. The van der Waals surface area contributed by atoms with Crippen LogP contribution in [0.15, 0.2) is 78.9 Å². The third-order valence-electron chi connectivity index (χ3n) is 4.81. The number of hydrogen-bond donors (Lipinski definition) is 0. The van der Waals surface area contributed by atoms with Gasteiger partial charge in [0.1, 0.15) is 0 Å². The molecule has 0 amide bonds. The van der Waals surface area contributed by atoms with Crippen LogP contribution < -0.4 is 0 Å². The summed E-state index contributed by atoms with van der Waals surface area (Å²) in [5.74, 6) is 0. The number of carbonyl (C=O) groups excluding carboxylic acids is 1. The van der Waals surface area contributed by atoms with Crippen LogP contribution in [0.4, 0.5) is 0 Å². The van der Waals surface area contributed by atoms with E-state index in [-0.39, 0.29) is 0 Å². The van der Waals surface area contributed by atoms with Crippen LogP contribution in [-0.4, -0.2) is 5.24 Å². The summed E-state index contributed by atoms with van der Waals surface area (Å²) in [4.78, 5) is 11.9. The lowest BCUT2D eigenvalue weighted by molar-refractivity contribution is 0.108. The second-order valence-electron chi connectivity index (χ2n) is 6.26. The van der Waals surface area contributed by atoms with E-state index in [0.29, 0.717) is 5.56 Å². The van der Waals surface area contributed by atoms with Gasteiger partial charge in [-0.1, -0.05) is 60.7 Å². The second kappa shape index (κ2) is 5.94. The maximum absolute atomic E-state index is 11.9. The van der Waals surface area contributed by atoms with E-state index in [2.05, 4.69) is 48.5 Å². The van der Waals surface area contributed by atoms with Gasteiger partial charge in [0.15, 0.2) is 0 Å². The molecule has 0 aliphatic carbocycles. The third kappa shape index (κ3) is 2.27. The van der Waals surface area contributed by atoms with Crippen molar-refractivity contribution in [2.45, 2.75) is 0 Å². The molecule has 0 saturated carbocycles. The molecule has 26 heavy (non-hydrogen) atoms. The van der Waals surface area contributed by atoms with Crippen molar-refractivity contribution >= 4 is 59.1 Å². The molecule has 0 bridgehead atoms. The zero-order valence-electron chi connectivity index (χ0n) is 13.7. The van der Waals surface area contributed by atoms with Crippen LogP contribution in [0.2, 0.25) is 0 Å². The Balaban J connectivity index is 1.98. The van der Waals surface area contributed by atoms with Gasteiger partial charge < -0.3 is 0 Å². The monoisotopic (exact) mass is 372 g/mol. The van der Waals surface area contributed by atoms with Crippen LogP contribution in [0.25, 0.3) is 42.1 Å². The van der Waals surface area contributed by atoms with Gasteiger partial charge in [-0.2, -0.15) is 0 Å². The Morgan fingerprint density at radius 2 is 1.35 bits per heavy atom. The fraction of sp³-hybridized carbons (Fsp3) is 0. The van der Waals surface area contributed by atoms with Crippen LogP contribution in [0.5, 0.6) is 0 Å². The molecule has 1 aromatic heterocycles. The summed E-state index contributed by atoms with van der Waals surface area (Å²) in [6.07, 6.45) is 0. The predicted molar refractivity (Wildman–Crippen MR) is 112 cm³/mol. The minimum Gasteiger partial charge on any atom is -0.276 e. The van der Waals surface area contributed by atoms with Crippen LogP contribution in [0, 0.1) is 0 Å². The van der Waals surface area contributed by atoms with Gasteiger partial charge >= 0.3 is 0 Å². The molecule has 0 N–H and O–H groups in total. The lowest BCUT2D eigenvalue weighted by Gasteiger charge is -2.11. The maximum Gasteiger partial charge on any atom is 0.253 e. The molecule has 0 aliphatic rings. The first-order valence-electron chi connectivity index (χ1n) is 8.36. The molecule has 1 heterocycles. The SMILES string of the molecule is O=C(Cl)c1ccccc1-c1cc2sc3ccccc3c2c2ccccc12. The van der Waals surface area contributed by atoms with E-state index in [4.69, 9.17) is 11.6 Å². The number of carbonyl (C=O) groups is 1. The third-order valence-corrected chi connectivity index (χ3v) is 6.14. The largest absolute Gasteiger partial charge is 0.276 e. The summed E-state index contributed by atoms with van der Waals surface area (Å²) in [6, 6.07) is 26.6. The molecule has 0 fully saturated rings. The molecular weight excluding hydrogens is 360 g/mol. The molecule has 0 unspecified atom stereocenters. The van der Waals surface area contributed by atoms with Gasteiger partial charge in [0, 0.05) is 25.7 Å². The summed E-state index contributed by atoms with van der Waals surface area (Å²) in [6.45, 7) is 0. The normalized spacial score (nSPS) is 11.4. The van der Waals surface area contributed by atoms with E-state index >= 15 is 0 Å². The summed E-state index contributed by atoms with van der Waals surface area (Å²) < 4.78 is 2.49. The molecule has 5 aromatic rings. The first-order valence-corrected chi connectivity index (χ1v) is 9.56. The minimum absolute atomic E-state index is 0.430. The standard InChI is InChI=1S/C23H13ClOS/c24-23(25)17-10-4-2-8-15(17)19-13-21-22(16-9-3-1-7-14(16)19)18-11-5-6-12-20(18)26-21/h1-13H. The second-order valence-corrected chi connectivity index (χ2v) is 7.69. The highest BCUT2D eigenvalue weighted by molar-refractivity contribution is 7.26. The van der Waals surface area contributed by atoms with Crippen molar-refractivity contribution in [3.05, 3.63) is 84.4 Å².